The monoisotopic (exact) mass is 375 g/mol. The fourth-order valence-corrected chi connectivity index (χ4v) is 3.09. The van der Waals surface area contributed by atoms with Crippen molar-refractivity contribution in [2.24, 2.45) is 0 Å². The Morgan fingerprint density at radius 2 is 2.07 bits per heavy atom. The average molecular weight is 375 g/mol. The number of likely N-dealkylation sites (tertiary alicyclic amines) is 1. The molecule has 0 aliphatic carbocycles. The van der Waals surface area contributed by atoms with Gasteiger partial charge in [-0.3, -0.25) is 14.6 Å². The number of ether oxygens (including phenoxy) is 1. The zero-order valence-corrected chi connectivity index (χ0v) is 14.5. The van der Waals surface area contributed by atoms with Crippen molar-refractivity contribution >= 4 is 11.8 Å². The quantitative estimate of drug-likeness (QED) is 0.843. The highest BCUT2D eigenvalue weighted by Gasteiger charge is 2.35. The number of hydrogen-bond acceptors (Lipinski definition) is 4. The maximum Gasteiger partial charge on any atom is 0.387 e. The molecule has 0 bridgehead atoms. The van der Waals surface area contributed by atoms with Crippen LogP contribution in [0.4, 0.5) is 8.78 Å². The first-order chi connectivity index (χ1) is 13.1. The Morgan fingerprint density at radius 1 is 1.26 bits per heavy atom. The minimum absolute atomic E-state index is 0.0183. The van der Waals surface area contributed by atoms with Gasteiger partial charge < -0.3 is 15.0 Å². The first-order valence-corrected chi connectivity index (χ1v) is 8.57. The van der Waals surface area contributed by atoms with E-state index < -0.39 is 18.6 Å². The molecule has 1 atom stereocenters. The van der Waals surface area contributed by atoms with Crippen LogP contribution in [-0.4, -0.2) is 40.9 Å². The Bertz CT molecular complexity index is 802. The van der Waals surface area contributed by atoms with Crippen LogP contribution in [0.25, 0.3) is 0 Å². The molecule has 27 heavy (non-hydrogen) atoms. The topological polar surface area (TPSA) is 71.5 Å². The van der Waals surface area contributed by atoms with Gasteiger partial charge in [0, 0.05) is 25.5 Å². The van der Waals surface area contributed by atoms with Gasteiger partial charge in [0.15, 0.2) is 0 Å². The number of para-hydroxylation sites is 1. The van der Waals surface area contributed by atoms with Crippen LogP contribution in [0.1, 0.15) is 28.8 Å². The highest BCUT2D eigenvalue weighted by molar-refractivity contribution is 6.00. The molecule has 1 aliphatic heterocycles. The number of hydrogen-bond donors (Lipinski definition) is 1. The lowest BCUT2D eigenvalue weighted by Gasteiger charge is -2.25. The van der Waals surface area contributed by atoms with Crippen molar-refractivity contribution in [1.29, 1.82) is 0 Å². The molecular formula is C19H19F2N3O3. The fraction of sp³-hybridized carbons (Fsp3) is 0.316. The van der Waals surface area contributed by atoms with E-state index in [1.807, 2.05) is 6.07 Å². The van der Waals surface area contributed by atoms with Crippen molar-refractivity contribution in [3.63, 3.8) is 0 Å². The molecule has 1 saturated heterocycles. The van der Waals surface area contributed by atoms with E-state index in [0.29, 0.717) is 25.9 Å². The van der Waals surface area contributed by atoms with Gasteiger partial charge in [0.05, 0.1) is 5.56 Å². The Balaban J connectivity index is 1.70. The molecule has 0 saturated carbocycles. The van der Waals surface area contributed by atoms with Crippen molar-refractivity contribution in [2.75, 3.05) is 6.54 Å². The minimum atomic E-state index is -3.03. The highest BCUT2D eigenvalue weighted by atomic mass is 19.3. The lowest BCUT2D eigenvalue weighted by Crippen LogP contribution is -2.45. The largest absolute Gasteiger partial charge is 0.434 e. The second-order valence-electron chi connectivity index (χ2n) is 6.11. The van der Waals surface area contributed by atoms with E-state index in [2.05, 4.69) is 15.0 Å². The molecule has 2 aromatic rings. The van der Waals surface area contributed by atoms with Crippen molar-refractivity contribution in [1.82, 2.24) is 15.2 Å². The number of pyridine rings is 1. The Kier molecular flexibility index (Phi) is 5.95. The van der Waals surface area contributed by atoms with Gasteiger partial charge >= 0.3 is 6.61 Å². The molecule has 1 aromatic carbocycles. The SMILES string of the molecule is O=C(NCc1cccnc1)C1CCCN1C(=O)c1ccccc1OC(F)F. The number of benzene rings is 1. The van der Waals surface area contributed by atoms with E-state index in [0.717, 1.165) is 5.56 Å². The summed E-state index contributed by atoms with van der Waals surface area (Å²) >= 11 is 0. The summed E-state index contributed by atoms with van der Waals surface area (Å²) in [6, 6.07) is 8.77. The van der Waals surface area contributed by atoms with Crippen LogP contribution in [-0.2, 0) is 11.3 Å². The first-order valence-electron chi connectivity index (χ1n) is 8.57. The van der Waals surface area contributed by atoms with Crippen LogP contribution < -0.4 is 10.1 Å². The number of aromatic nitrogens is 1. The third-order valence-corrected chi connectivity index (χ3v) is 4.34. The summed E-state index contributed by atoms with van der Waals surface area (Å²) in [6.07, 6.45) is 4.47. The predicted octanol–water partition coefficient (Wildman–Crippen LogP) is 2.60. The second-order valence-corrected chi connectivity index (χ2v) is 6.11. The molecule has 6 nitrogen and oxygen atoms in total. The zero-order valence-electron chi connectivity index (χ0n) is 14.5. The van der Waals surface area contributed by atoms with Crippen molar-refractivity contribution in [2.45, 2.75) is 32.0 Å². The highest BCUT2D eigenvalue weighted by Crippen LogP contribution is 2.26. The van der Waals surface area contributed by atoms with Gasteiger partial charge in [0.2, 0.25) is 5.91 Å². The third-order valence-electron chi connectivity index (χ3n) is 4.34. The van der Waals surface area contributed by atoms with E-state index in [4.69, 9.17) is 0 Å². The summed E-state index contributed by atoms with van der Waals surface area (Å²) in [5.41, 5.74) is 0.863. The van der Waals surface area contributed by atoms with E-state index in [1.165, 1.54) is 23.1 Å². The average Bonchev–Trinajstić information content (AvgIpc) is 3.16. The minimum Gasteiger partial charge on any atom is -0.434 e. The van der Waals surface area contributed by atoms with Crippen LogP contribution in [0.3, 0.4) is 0 Å². The molecule has 0 radical (unpaired) electrons. The van der Waals surface area contributed by atoms with Gasteiger partial charge in [-0.2, -0.15) is 8.78 Å². The summed E-state index contributed by atoms with van der Waals surface area (Å²) in [5.74, 6) is -0.971. The second kappa shape index (κ2) is 8.57. The van der Waals surface area contributed by atoms with Gasteiger partial charge in [-0.25, -0.2) is 0 Å². The van der Waals surface area contributed by atoms with Gasteiger partial charge in [0.1, 0.15) is 11.8 Å². The predicted molar refractivity (Wildman–Crippen MR) is 93.2 cm³/mol. The van der Waals surface area contributed by atoms with Crippen LogP contribution in [0.5, 0.6) is 5.75 Å². The number of rotatable bonds is 6. The van der Waals surface area contributed by atoms with Gasteiger partial charge in [0.25, 0.3) is 5.91 Å². The molecule has 0 spiro atoms. The zero-order chi connectivity index (χ0) is 19.2. The van der Waals surface area contributed by atoms with Gasteiger partial charge in [-0.1, -0.05) is 18.2 Å². The van der Waals surface area contributed by atoms with E-state index in [1.54, 1.807) is 24.5 Å². The normalized spacial score (nSPS) is 16.4. The molecule has 3 rings (SSSR count). The number of nitrogens with zero attached hydrogens (tertiary/aromatic N) is 2. The van der Waals surface area contributed by atoms with E-state index >= 15 is 0 Å². The van der Waals surface area contributed by atoms with Crippen LogP contribution >= 0.6 is 0 Å². The van der Waals surface area contributed by atoms with Crippen LogP contribution in [0.2, 0.25) is 0 Å². The molecule has 8 heteroatoms. The smallest absolute Gasteiger partial charge is 0.387 e. The lowest BCUT2D eigenvalue weighted by atomic mass is 10.1. The van der Waals surface area contributed by atoms with Crippen LogP contribution in [0, 0.1) is 0 Å². The summed E-state index contributed by atoms with van der Waals surface area (Å²) in [6.45, 7) is -2.35. The lowest BCUT2D eigenvalue weighted by molar-refractivity contribution is -0.125. The summed E-state index contributed by atoms with van der Waals surface area (Å²) in [7, 11) is 0. The van der Waals surface area contributed by atoms with Crippen molar-refractivity contribution in [3.8, 4) is 5.75 Å². The maximum absolute atomic E-state index is 12.8. The van der Waals surface area contributed by atoms with Gasteiger partial charge in [-0.15, -0.1) is 0 Å². The molecule has 1 N–H and O–H groups in total. The molecule has 2 amide bonds. The third kappa shape index (κ3) is 4.58. The number of nitrogens with one attached hydrogen (secondary N) is 1. The van der Waals surface area contributed by atoms with Crippen LogP contribution in [0.15, 0.2) is 48.8 Å². The van der Waals surface area contributed by atoms with E-state index in [9.17, 15) is 18.4 Å². The Morgan fingerprint density at radius 3 is 2.81 bits per heavy atom. The Hall–Kier alpha value is -3.03. The molecule has 1 unspecified atom stereocenters. The van der Waals surface area contributed by atoms with Crippen molar-refractivity contribution < 1.29 is 23.1 Å². The summed E-state index contributed by atoms with van der Waals surface area (Å²) in [4.78, 5) is 30.8. The van der Waals surface area contributed by atoms with Gasteiger partial charge in [-0.05, 0) is 36.6 Å². The van der Waals surface area contributed by atoms with E-state index in [-0.39, 0.29) is 17.2 Å². The number of carbonyl (C=O) groups excluding carboxylic acids is 2. The number of halogens is 2. The number of carbonyl (C=O) groups is 2. The standard InChI is InChI=1S/C19H19F2N3O3/c20-19(21)27-16-8-2-1-6-14(16)18(26)24-10-4-7-15(24)17(25)23-12-13-5-3-9-22-11-13/h1-3,5-6,8-9,11,15,19H,4,7,10,12H2,(H,23,25). The summed E-state index contributed by atoms with van der Waals surface area (Å²) < 4.78 is 29.6. The first kappa shape index (κ1) is 18.8. The maximum atomic E-state index is 12.8. The van der Waals surface area contributed by atoms with Crippen molar-refractivity contribution in [3.05, 3.63) is 59.9 Å². The molecular weight excluding hydrogens is 356 g/mol. The molecule has 1 aromatic heterocycles. The molecule has 142 valence electrons. The Labute approximate surface area is 155 Å². The fourth-order valence-electron chi connectivity index (χ4n) is 3.09. The number of amides is 2. The molecule has 1 aliphatic rings. The molecule has 2 heterocycles. The molecule has 1 fully saturated rings. The number of alkyl halides is 2. The summed E-state index contributed by atoms with van der Waals surface area (Å²) in [5, 5.41) is 2.80.